The Morgan fingerprint density at radius 2 is 1.70 bits per heavy atom. The van der Waals surface area contributed by atoms with Crippen LogP contribution >= 0.6 is 0 Å². The van der Waals surface area contributed by atoms with Gasteiger partial charge in [-0.15, -0.1) is 0 Å². The van der Waals surface area contributed by atoms with Gasteiger partial charge in [-0.05, 0) is 34.5 Å². The number of nitrogen functional groups attached to an aromatic ring is 1. The molecule has 0 aliphatic heterocycles. The number of hydrogen-bond donors (Lipinski definition) is 2. The van der Waals surface area contributed by atoms with E-state index in [0.29, 0.717) is 17.1 Å². The molecular weight excluding hydrogens is 376 g/mol. The summed E-state index contributed by atoms with van der Waals surface area (Å²) in [5.74, 6) is 0.621. The van der Waals surface area contributed by atoms with Crippen molar-refractivity contribution in [3.63, 3.8) is 0 Å². The molecule has 0 radical (unpaired) electrons. The topological polar surface area (TPSA) is 73.6 Å². The van der Waals surface area contributed by atoms with Gasteiger partial charge in [-0.2, -0.15) is 0 Å². The average Bonchev–Trinajstić information content (AvgIpc) is 2.79. The molecule has 0 aliphatic carbocycles. The molecule has 5 nitrogen and oxygen atoms in total. The third-order valence-corrected chi connectivity index (χ3v) is 4.91. The highest BCUT2D eigenvalue weighted by atomic mass is 16.5. The second kappa shape index (κ2) is 8.57. The number of hydrogen-bond acceptors (Lipinski definition) is 4. The van der Waals surface area contributed by atoms with Crippen molar-refractivity contribution in [2.45, 2.75) is 6.61 Å². The number of fused-ring (bicyclic) bond motifs is 1. The first kappa shape index (κ1) is 19.3. The number of anilines is 2. The number of amides is 1. The first-order chi connectivity index (χ1) is 14.7. The van der Waals surface area contributed by atoms with E-state index in [2.05, 4.69) is 5.32 Å². The van der Waals surface area contributed by atoms with Crippen molar-refractivity contribution >= 4 is 28.2 Å². The molecule has 1 amide bonds. The molecule has 0 saturated heterocycles. The maximum absolute atomic E-state index is 12.5. The van der Waals surface area contributed by atoms with E-state index >= 15 is 0 Å². The Labute approximate surface area is 175 Å². The minimum absolute atomic E-state index is 0.183. The fourth-order valence-corrected chi connectivity index (χ4v) is 3.43. The fraction of sp³-hybridized carbons (Fsp3) is 0.0800. The van der Waals surface area contributed by atoms with Crippen LogP contribution in [0.5, 0.6) is 5.75 Å². The van der Waals surface area contributed by atoms with E-state index in [1.807, 2.05) is 78.9 Å². The monoisotopic (exact) mass is 398 g/mol. The number of nitrogens with two attached hydrogens (primary N) is 1. The summed E-state index contributed by atoms with van der Waals surface area (Å²) in [6, 6.07) is 26.9. The van der Waals surface area contributed by atoms with Crippen LogP contribution in [0.15, 0.2) is 84.9 Å². The predicted octanol–water partition coefficient (Wildman–Crippen LogP) is 5.85. The second-order valence-corrected chi connectivity index (χ2v) is 6.85. The van der Waals surface area contributed by atoms with Gasteiger partial charge in [0.2, 0.25) is 0 Å². The van der Waals surface area contributed by atoms with Crippen LogP contribution in [0.2, 0.25) is 0 Å². The Morgan fingerprint density at radius 3 is 2.50 bits per heavy atom. The summed E-state index contributed by atoms with van der Waals surface area (Å²) in [5.41, 5.74) is 10.1. The zero-order chi connectivity index (χ0) is 20.9. The average molecular weight is 398 g/mol. The number of benzene rings is 4. The molecule has 0 aliphatic rings. The summed E-state index contributed by atoms with van der Waals surface area (Å²) in [5, 5.41) is 4.92. The molecular formula is C25H22N2O3. The van der Waals surface area contributed by atoms with Crippen LogP contribution in [0.25, 0.3) is 21.9 Å². The highest BCUT2D eigenvalue weighted by Gasteiger charge is 2.15. The number of ether oxygens (including phenoxy) is 2. The van der Waals surface area contributed by atoms with Crippen LogP contribution in [-0.4, -0.2) is 13.2 Å². The Bertz CT molecular complexity index is 1190. The Morgan fingerprint density at radius 1 is 0.933 bits per heavy atom. The van der Waals surface area contributed by atoms with Gasteiger partial charge in [0.15, 0.2) is 0 Å². The Kier molecular flexibility index (Phi) is 5.52. The van der Waals surface area contributed by atoms with Gasteiger partial charge < -0.3 is 15.2 Å². The zero-order valence-corrected chi connectivity index (χ0v) is 16.6. The first-order valence-corrected chi connectivity index (χ1v) is 9.59. The van der Waals surface area contributed by atoms with Crippen molar-refractivity contribution in [2.75, 3.05) is 18.2 Å². The van der Waals surface area contributed by atoms with E-state index in [4.69, 9.17) is 15.2 Å². The highest BCUT2D eigenvalue weighted by Crippen LogP contribution is 2.39. The predicted molar refractivity (Wildman–Crippen MR) is 121 cm³/mol. The van der Waals surface area contributed by atoms with E-state index in [-0.39, 0.29) is 6.61 Å². The molecule has 0 heterocycles. The molecule has 4 aromatic rings. The lowest BCUT2D eigenvalue weighted by Gasteiger charge is -2.16. The van der Waals surface area contributed by atoms with E-state index in [0.717, 1.165) is 27.5 Å². The van der Waals surface area contributed by atoms with Crippen molar-refractivity contribution in [3.05, 3.63) is 90.5 Å². The van der Waals surface area contributed by atoms with Crippen LogP contribution in [0.1, 0.15) is 5.56 Å². The van der Waals surface area contributed by atoms with Crippen LogP contribution in [0.3, 0.4) is 0 Å². The summed E-state index contributed by atoms with van der Waals surface area (Å²) >= 11 is 0. The minimum Gasteiger partial charge on any atom is -0.497 e. The molecule has 0 spiro atoms. The number of carbonyl (C=O) groups excluding carboxylic acids is 1. The number of nitrogens with one attached hydrogen (secondary N) is 1. The minimum atomic E-state index is -0.549. The molecule has 0 fully saturated rings. The van der Waals surface area contributed by atoms with Crippen molar-refractivity contribution in [1.29, 1.82) is 0 Å². The summed E-state index contributed by atoms with van der Waals surface area (Å²) in [6.45, 7) is 0.183. The second-order valence-electron chi connectivity index (χ2n) is 6.85. The maximum Gasteiger partial charge on any atom is 0.411 e. The van der Waals surface area contributed by atoms with Gasteiger partial charge in [0, 0.05) is 22.9 Å². The summed E-state index contributed by atoms with van der Waals surface area (Å²) in [6.07, 6.45) is -0.549. The lowest BCUT2D eigenvalue weighted by atomic mass is 9.95. The first-order valence-electron chi connectivity index (χ1n) is 9.59. The molecule has 0 unspecified atom stereocenters. The molecule has 0 aromatic heterocycles. The molecule has 150 valence electrons. The van der Waals surface area contributed by atoms with Gasteiger partial charge in [-0.3, -0.25) is 5.32 Å². The maximum atomic E-state index is 12.5. The van der Waals surface area contributed by atoms with Gasteiger partial charge in [-0.1, -0.05) is 60.7 Å². The lowest BCUT2D eigenvalue weighted by molar-refractivity contribution is 0.155. The highest BCUT2D eigenvalue weighted by molar-refractivity contribution is 6.06. The van der Waals surface area contributed by atoms with E-state index in [1.54, 1.807) is 13.2 Å². The third-order valence-electron chi connectivity index (χ3n) is 4.91. The molecule has 0 saturated carbocycles. The molecule has 4 rings (SSSR count). The van der Waals surface area contributed by atoms with Gasteiger partial charge in [0.25, 0.3) is 0 Å². The third kappa shape index (κ3) is 4.05. The standard InChI is InChI=1S/C25H22N2O3/c1-29-19-12-13-21(24-20-10-6-5-9-18(20)11-14-22(24)26)23(15-19)27-25(28)30-16-17-7-3-2-4-8-17/h2-15H,16,26H2,1H3,(H,27,28). The van der Waals surface area contributed by atoms with Crippen LogP contribution in [-0.2, 0) is 11.3 Å². The smallest absolute Gasteiger partial charge is 0.411 e. The molecule has 30 heavy (non-hydrogen) atoms. The van der Waals surface area contributed by atoms with Gasteiger partial charge in [0.05, 0.1) is 12.8 Å². The van der Waals surface area contributed by atoms with Crippen LogP contribution in [0, 0.1) is 0 Å². The van der Waals surface area contributed by atoms with Crippen LogP contribution < -0.4 is 15.8 Å². The van der Waals surface area contributed by atoms with E-state index in [1.165, 1.54) is 0 Å². The summed E-state index contributed by atoms with van der Waals surface area (Å²) in [7, 11) is 1.58. The summed E-state index contributed by atoms with van der Waals surface area (Å²) in [4.78, 5) is 12.5. The molecule has 3 N–H and O–H groups in total. The van der Waals surface area contributed by atoms with E-state index in [9.17, 15) is 4.79 Å². The number of methoxy groups -OCH3 is 1. The van der Waals surface area contributed by atoms with Gasteiger partial charge in [0.1, 0.15) is 12.4 Å². The quantitative estimate of drug-likeness (QED) is 0.414. The van der Waals surface area contributed by atoms with Crippen molar-refractivity contribution in [1.82, 2.24) is 0 Å². The van der Waals surface area contributed by atoms with Gasteiger partial charge >= 0.3 is 6.09 Å². The normalized spacial score (nSPS) is 10.6. The Balaban J connectivity index is 1.69. The van der Waals surface area contributed by atoms with Crippen molar-refractivity contribution in [3.8, 4) is 16.9 Å². The SMILES string of the molecule is COc1ccc(-c2c(N)ccc3ccccc23)c(NC(=O)OCc2ccccc2)c1. The molecule has 0 bridgehead atoms. The lowest BCUT2D eigenvalue weighted by Crippen LogP contribution is -2.14. The van der Waals surface area contributed by atoms with Crippen LogP contribution in [0.4, 0.5) is 16.2 Å². The molecule has 5 heteroatoms. The number of carbonyl (C=O) groups is 1. The number of rotatable bonds is 5. The zero-order valence-electron chi connectivity index (χ0n) is 16.6. The molecule has 0 atom stereocenters. The van der Waals surface area contributed by atoms with E-state index < -0.39 is 6.09 Å². The fourth-order valence-electron chi connectivity index (χ4n) is 3.43. The largest absolute Gasteiger partial charge is 0.497 e. The Hall–Kier alpha value is -3.99. The molecule has 4 aromatic carbocycles. The summed E-state index contributed by atoms with van der Waals surface area (Å²) < 4.78 is 10.7. The van der Waals surface area contributed by atoms with Crippen molar-refractivity contribution < 1.29 is 14.3 Å². The van der Waals surface area contributed by atoms with Crippen molar-refractivity contribution in [2.24, 2.45) is 0 Å². The van der Waals surface area contributed by atoms with Gasteiger partial charge in [-0.25, -0.2) is 4.79 Å².